The van der Waals surface area contributed by atoms with Crippen molar-refractivity contribution in [3.05, 3.63) is 53.6 Å². The minimum absolute atomic E-state index is 0.592. The summed E-state index contributed by atoms with van der Waals surface area (Å²) in [5.41, 5.74) is 2.40. The molecule has 0 aliphatic carbocycles. The quantitative estimate of drug-likeness (QED) is 0.630. The third kappa shape index (κ3) is 1.57. The van der Waals surface area contributed by atoms with Gasteiger partial charge in [0, 0.05) is 16.7 Å². The lowest BCUT2D eigenvalue weighted by atomic mass is 10.2. The first-order valence-electron chi connectivity index (χ1n) is 4.86. The summed E-state index contributed by atoms with van der Waals surface area (Å²) in [7, 11) is 0. The number of benzene rings is 2. The average Bonchev–Trinajstić information content (AvgIpc) is 2.73. The SMILES string of the molecule is Clc1ccc(-c2nc3ccc[c]c3o2)cc1. The van der Waals surface area contributed by atoms with Gasteiger partial charge in [0.25, 0.3) is 0 Å². The first-order chi connectivity index (χ1) is 7.83. The fourth-order valence-electron chi connectivity index (χ4n) is 1.53. The Morgan fingerprint density at radius 3 is 2.69 bits per heavy atom. The van der Waals surface area contributed by atoms with Gasteiger partial charge in [-0.1, -0.05) is 23.7 Å². The maximum atomic E-state index is 5.82. The number of para-hydroxylation sites is 1. The molecule has 3 aromatic rings. The van der Waals surface area contributed by atoms with E-state index in [-0.39, 0.29) is 0 Å². The summed E-state index contributed by atoms with van der Waals surface area (Å²) in [6.45, 7) is 0. The van der Waals surface area contributed by atoms with E-state index < -0.39 is 0 Å². The molecule has 2 nitrogen and oxygen atoms in total. The lowest BCUT2D eigenvalue weighted by Gasteiger charge is -1.93. The second-order valence-electron chi connectivity index (χ2n) is 3.41. The molecule has 3 heteroatoms. The van der Waals surface area contributed by atoms with Gasteiger partial charge >= 0.3 is 0 Å². The van der Waals surface area contributed by atoms with Crippen molar-refractivity contribution in [2.75, 3.05) is 0 Å². The van der Waals surface area contributed by atoms with Gasteiger partial charge in [-0.3, -0.25) is 0 Å². The Morgan fingerprint density at radius 2 is 1.94 bits per heavy atom. The number of oxazole rings is 1. The van der Waals surface area contributed by atoms with Crippen molar-refractivity contribution in [1.29, 1.82) is 0 Å². The summed E-state index contributed by atoms with van der Waals surface area (Å²) in [5.74, 6) is 0.592. The lowest BCUT2D eigenvalue weighted by molar-refractivity contribution is 0.619. The van der Waals surface area contributed by atoms with Crippen molar-refractivity contribution in [1.82, 2.24) is 4.98 Å². The zero-order valence-electron chi connectivity index (χ0n) is 8.27. The van der Waals surface area contributed by atoms with Crippen molar-refractivity contribution < 1.29 is 4.42 Å². The molecule has 0 atom stereocenters. The number of hydrogen-bond donors (Lipinski definition) is 0. The Labute approximate surface area is 97.5 Å². The fourth-order valence-corrected chi connectivity index (χ4v) is 1.65. The van der Waals surface area contributed by atoms with Gasteiger partial charge in [0.15, 0.2) is 5.58 Å². The van der Waals surface area contributed by atoms with Crippen LogP contribution in [-0.4, -0.2) is 4.98 Å². The van der Waals surface area contributed by atoms with E-state index in [1.807, 2.05) is 36.4 Å². The highest BCUT2D eigenvalue weighted by Crippen LogP contribution is 2.24. The van der Waals surface area contributed by atoms with Crippen molar-refractivity contribution >= 4 is 22.7 Å². The number of fused-ring (bicyclic) bond motifs is 1. The molecule has 0 unspecified atom stereocenters. The molecule has 0 saturated heterocycles. The zero-order chi connectivity index (χ0) is 11.0. The van der Waals surface area contributed by atoms with Gasteiger partial charge < -0.3 is 4.42 Å². The van der Waals surface area contributed by atoms with Crippen molar-refractivity contribution in [2.24, 2.45) is 0 Å². The van der Waals surface area contributed by atoms with Crippen LogP contribution < -0.4 is 0 Å². The van der Waals surface area contributed by atoms with Gasteiger partial charge in [-0.05, 0) is 30.3 Å². The molecule has 77 valence electrons. The second kappa shape index (κ2) is 3.65. The van der Waals surface area contributed by atoms with E-state index in [9.17, 15) is 0 Å². The van der Waals surface area contributed by atoms with Crippen LogP contribution in [0.15, 0.2) is 46.9 Å². The second-order valence-corrected chi connectivity index (χ2v) is 3.85. The molecule has 1 heterocycles. The van der Waals surface area contributed by atoms with Gasteiger partial charge in [0.1, 0.15) is 5.52 Å². The van der Waals surface area contributed by atoms with Crippen LogP contribution in [0.2, 0.25) is 5.02 Å². The van der Waals surface area contributed by atoms with Crippen molar-refractivity contribution in [3.8, 4) is 11.5 Å². The molecule has 0 aliphatic rings. The van der Waals surface area contributed by atoms with Crippen LogP contribution in [0.3, 0.4) is 0 Å². The molecule has 1 radical (unpaired) electrons. The van der Waals surface area contributed by atoms with Gasteiger partial charge in [-0.15, -0.1) is 0 Å². The summed E-state index contributed by atoms with van der Waals surface area (Å²) in [6.07, 6.45) is 0. The summed E-state index contributed by atoms with van der Waals surface area (Å²) in [6, 6.07) is 16.0. The van der Waals surface area contributed by atoms with Crippen LogP contribution in [0.25, 0.3) is 22.6 Å². The Kier molecular flexibility index (Phi) is 2.15. The molecule has 0 aliphatic heterocycles. The van der Waals surface area contributed by atoms with Crippen LogP contribution in [-0.2, 0) is 0 Å². The number of halogens is 1. The van der Waals surface area contributed by atoms with Crippen LogP contribution >= 0.6 is 11.6 Å². The van der Waals surface area contributed by atoms with Crippen molar-refractivity contribution in [3.63, 3.8) is 0 Å². The summed E-state index contributed by atoms with van der Waals surface area (Å²) in [5, 5.41) is 0.700. The summed E-state index contributed by atoms with van der Waals surface area (Å²) < 4.78 is 5.58. The molecule has 1 aromatic heterocycles. The van der Waals surface area contributed by atoms with Gasteiger partial charge in [0.05, 0.1) is 0 Å². The Hall–Kier alpha value is -1.80. The third-order valence-electron chi connectivity index (χ3n) is 2.31. The highest BCUT2D eigenvalue weighted by molar-refractivity contribution is 6.30. The maximum absolute atomic E-state index is 5.82. The van der Waals surface area contributed by atoms with E-state index in [0.717, 1.165) is 11.1 Å². The third-order valence-corrected chi connectivity index (χ3v) is 2.56. The van der Waals surface area contributed by atoms with Crippen LogP contribution in [0.1, 0.15) is 0 Å². The molecule has 0 saturated carbocycles. The molecule has 0 amide bonds. The van der Waals surface area contributed by atoms with E-state index in [4.69, 9.17) is 16.0 Å². The van der Waals surface area contributed by atoms with E-state index in [0.29, 0.717) is 16.5 Å². The number of aromatic nitrogens is 1. The van der Waals surface area contributed by atoms with E-state index in [1.165, 1.54) is 0 Å². The predicted octanol–water partition coefficient (Wildman–Crippen LogP) is 3.95. The molecule has 3 rings (SSSR count). The van der Waals surface area contributed by atoms with Crippen LogP contribution in [0.4, 0.5) is 0 Å². The summed E-state index contributed by atoms with van der Waals surface area (Å²) >= 11 is 5.82. The largest absolute Gasteiger partial charge is 0.435 e. The monoisotopic (exact) mass is 228 g/mol. The van der Waals surface area contributed by atoms with Crippen LogP contribution in [0, 0.1) is 6.07 Å². The van der Waals surface area contributed by atoms with Crippen molar-refractivity contribution in [2.45, 2.75) is 0 Å². The molecular formula is C13H7ClNO. The predicted molar refractivity (Wildman–Crippen MR) is 63.3 cm³/mol. The number of rotatable bonds is 1. The number of nitrogens with zero attached hydrogens (tertiary/aromatic N) is 1. The van der Waals surface area contributed by atoms with Gasteiger partial charge in [-0.2, -0.15) is 0 Å². The highest BCUT2D eigenvalue weighted by Gasteiger charge is 2.06. The van der Waals surface area contributed by atoms with Gasteiger partial charge in [-0.25, -0.2) is 4.98 Å². The average molecular weight is 229 g/mol. The topological polar surface area (TPSA) is 26.0 Å². The normalized spacial score (nSPS) is 10.8. The van der Waals surface area contributed by atoms with E-state index in [1.54, 1.807) is 6.07 Å². The lowest BCUT2D eigenvalue weighted by Crippen LogP contribution is -1.75. The van der Waals surface area contributed by atoms with E-state index in [2.05, 4.69) is 11.1 Å². The summed E-state index contributed by atoms with van der Waals surface area (Å²) in [4.78, 5) is 4.37. The fraction of sp³-hybridized carbons (Fsp3) is 0. The van der Waals surface area contributed by atoms with Gasteiger partial charge in [0.2, 0.25) is 5.89 Å². The van der Waals surface area contributed by atoms with E-state index >= 15 is 0 Å². The Morgan fingerprint density at radius 1 is 1.12 bits per heavy atom. The number of hydrogen-bond acceptors (Lipinski definition) is 2. The zero-order valence-corrected chi connectivity index (χ0v) is 9.03. The molecule has 0 fully saturated rings. The smallest absolute Gasteiger partial charge is 0.227 e. The molecule has 0 spiro atoms. The highest BCUT2D eigenvalue weighted by atomic mass is 35.5. The van der Waals surface area contributed by atoms with Crippen LogP contribution in [0.5, 0.6) is 0 Å². The maximum Gasteiger partial charge on any atom is 0.227 e. The molecule has 16 heavy (non-hydrogen) atoms. The molecule has 0 bridgehead atoms. The minimum atomic E-state index is 0.592. The Balaban J connectivity index is 2.15. The molecule has 2 aromatic carbocycles. The molecular weight excluding hydrogens is 222 g/mol. The molecule has 0 N–H and O–H groups in total. The first-order valence-corrected chi connectivity index (χ1v) is 5.24. The first kappa shape index (κ1) is 9.43. The Bertz CT molecular complexity index is 595. The standard InChI is InChI=1S/C13H7ClNO/c14-10-7-5-9(6-8-10)13-15-11-3-1-2-4-12(11)16-13/h1-3,5-8H. The minimum Gasteiger partial charge on any atom is -0.435 e.